The lowest BCUT2D eigenvalue weighted by atomic mass is 10.2. The predicted octanol–water partition coefficient (Wildman–Crippen LogP) is 0.995. The minimum absolute atomic E-state index is 0.134. The number of amides is 1. The van der Waals surface area contributed by atoms with Crippen molar-refractivity contribution in [1.82, 2.24) is 20.0 Å². The Morgan fingerprint density at radius 1 is 1.12 bits per heavy atom. The van der Waals surface area contributed by atoms with Gasteiger partial charge in [0.25, 0.3) is 0 Å². The van der Waals surface area contributed by atoms with Crippen molar-refractivity contribution >= 4 is 12.0 Å². The van der Waals surface area contributed by atoms with Crippen LogP contribution in [0.4, 0.5) is 0 Å². The zero-order chi connectivity index (χ0) is 17.2. The first-order chi connectivity index (χ1) is 11.6. The lowest BCUT2D eigenvalue weighted by Crippen LogP contribution is -2.49. The molecule has 0 saturated carbocycles. The highest BCUT2D eigenvalue weighted by molar-refractivity contribution is 5.78. The summed E-state index contributed by atoms with van der Waals surface area (Å²) in [5, 5.41) is 2.98. The lowest BCUT2D eigenvalue weighted by molar-refractivity contribution is -0.122. The molecule has 5 nitrogen and oxygen atoms in total. The average molecular weight is 330 g/mol. The number of nitrogens with one attached hydrogen (secondary N) is 1. The van der Waals surface area contributed by atoms with Crippen molar-refractivity contribution in [2.75, 3.05) is 66.5 Å². The van der Waals surface area contributed by atoms with E-state index in [2.05, 4.69) is 56.4 Å². The van der Waals surface area contributed by atoms with Crippen LogP contribution in [0.2, 0.25) is 0 Å². The van der Waals surface area contributed by atoms with Crippen molar-refractivity contribution in [3.8, 4) is 0 Å². The van der Waals surface area contributed by atoms with E-state index >= 15 is 0 Å². The summed E-state index contributed by atoms with van der Waals surface area (Å²) < 4.78 is 0. The molecule has 0 bridgehead atoms. The van der Waals surface area contributed by atoms with E-state index in [0.29, 0.717) is 6.54 Å². The van der Waals surface area contributed by atoms with Gasteiger partial charge in [0.15, 0.2) is 0 Å². The van der Waals surface area contributed by atoms with Gasteiger partial charge in [0.05, 0.1) is 6.54 Å². The van der Waals surface area contributed by atoms with E-state index in [1.807, 2.05) is 20.2 Å². The molecule has 24 heavy (non-hydrogen) atoms. The summed E-state index contributed by atoms with van der Waals surface area (Å²) in [5.41, 5.74) is 1.24. The monoisotopic (exact) mass is 330 g/mol. The maximum Gasteiger partial charge on any atom is 0.234 e. The van der Waals surface area contributed by atoms with Gasteiger partial charge in [0.2, 0.25) is 5.91 Å². The summed E-state index contributed by atoms with van der Waals surface area (Å²) in [6.45, 7) is 7.04. The second kappa shape index (κ2) is 10.2. The average Bonchev–Trinajstić information content (AvgIpc) is 2.57. The van der Waals surface area contributed by atoms with E-state index in [9.17, 15) is 4.79 Å². The molecule has 132 valence electrons. The molecule has 5 heteroatoms. The molecule has 0 atom stereocenters. The Morgan fingerprint density at radius 2 is 1.79 bits per heavy atom. The Hall–Kier alpha value is -1.69. The van der Waals surface area contributed by atoms with Crippen LogP contribution in [-0.4, -0.2) is 87.1 Å². The van der Waals surface area contributed by atoms with Gasteiger partial charge in [-0.1, -0.05) is 42.5 Å². The molecule has 0 aromatic heterocycles. The van der Waals surface area contributed by atoms with Crippen LogP contribution in [-0.2, 0) is 4.79 Å². The fraction of sp³-hybridized carbons (Fsp3) is 0.526. The first-order valence-electron chi connectivity index (χ1n) is 8.71. The summed E-state index contributed by atoms with van der Waals surface area (Å²) in [5.74, 6) is 0.134. The molecule has 1 aromatic rings. The van der Waals surface area contributed by atoms with Gasteiger partial charge < -0.3 is 10.2 Å². The molecule has 0 aliphatic carbocycles. The van der Waals surface area contributed by atoms with Gasteiger partial charge in [-0.3, -0.25) is 14.6 Å². The second-order valence-corrected chi connectivity index (χ2v) is 6.54. The van der Waals surface area contributed by atoms with Gasteiger partial charge in [-0.05, 0) is 19.7 Å². The Labute approximate surface area is 145 Å². The fourth-order valence-electron chi connectivity index (χ4n) is 2.71. The number of carbonyl (C=O) groups excluding carboxylic acids is 1. The third kappa shape index (κ3) is 7.25. The topological polar surface area (TPSA) is 38.8 Å². The molecule has 1 aromatic carbocycles. The number of likely N-dealkylation sites (N-methyl/N-ethyl adjacent to an activating group) is 1. The summed E-state index contributed by atoms with van der Waals surface area (Å²) in [4.78, 5) is 18.6. The zero-order valence-electron chi connectivity index (χ0n) is 14.9. The standard InChI is InChI=1S/C19H30N4O/c1-21(2)12-10-20-19(24)17-23-15-13-22(14-16-23)11-6-9-18-7-4-3-5-8-18/h3-9H,10-17H2,1-2H3,(H,20,24)/b9-6+. The number of piperazine rings is 1. The Bertz CT molecular complexity index is 507. The molecular weight excluding hydrogens is 300 g/mol. The highest BCUT2D eigenvalue weighted by Gasteiger charge is 2.17. The van der Waals surface area contributed by atoms with Crippen LogP contribution in [0, 0.1) is 0 Å². The first-order valence-corrected chi connectivity index (χ1v) is 8.71. The van der Waals surface area contributed by atoms with Crippen LogP contribution in [0.25, 0.3) is 6.08 Å². The SMILES string of the molecule is CN(C)CCNC(=O)CN1CCN(C/C=C/c2ccccc2)CC1. The van der Waals surface area contributed by atoms with E-state index in [0.717, 1.165) is 45.8 Å². The molecule has 0 spiro atoms. The van der Waals surface area contributed by atoms with Gasteiger partial charge >= 0.3 is 0 Å². The van der Waals surface area contributed by atoms with E-state index < -0.39 is 0 Å². The molecule has 1 amide bonds. The van der Waals surface area contributed by atoms with Crippen LogP contribution in [0.3, 0.4) is 0 Å². The van der Waals surface area contributed by atoms with E-state index in [4.69, 9.17) is 0 Å². The number of carbonyl (C=O) groups is 1. The molecule has 0 unspecified atom stereocenters. The maximum atomic E-state index is 11.9. The number of nitrogens with zero attached hydrogens (tertiary/aromatic N) is 3. The lowest BCUT2D eigenvalue weighted by Gasteiger charge is -2.33. The minimum atomic E-state index is 0.134. The zero-order valence-corrected chi connectivity index (χ0v) is 14.9. The molecule has 1 aliphatic heterocycles. The molecule has 1 fully saturated rings. The summed E-state index contributed by atoms with van der Waals surface area (Å²) in [6.07, 6.45) is 4.39. The van der Waals surface area contributed by atoms with Crippen molar-refractivity contribution in [3.05, 3.63) is 42.0 Å². The largest absolute Gasteiger partial charge is 0.354 e. The smallest absolute Gasteiger partial charge is 0.234 e. The minimum Gasteiger partial charge on any atom is -0.354 e. The van der Waals surface area contributed by atoms with Gasteiger partial charge in [0.1, 0.15) is 0 Å². The molecule has 1 heterocycles. The van der Waals surface area contributed by atoms with Gasteiger partial charge in [-0.2, -0.15) is 0 Å². The number of hydrogen-bond acceptors (Lipinski definition) is 4. The molecule has 0 radical (unpaired) electrons. The molecule has 1 aliphatic rings. The Kier molecular flexibility index (Phi) is 7.95. The predicted molar refractivity (Wildman–Crippen MR) is 99.9 cm³/mol. The fourth-order valence-corrected chi connectivity index (χ4v) is 2.71. The van der Waals surface area contributed by atoms with E-state index in [-0.39, 0.29) is 5.91 Å². The number of rotatable bonds is 8. The van der Waals surface area contributed by atoms with Crippen LogP contribution in [0.5, 0.6) is 0 Å². The molecule has 1 saturated heterocycles. The van der Waals surface area contributed by atoms with Crippen LogP contribution in [0.15, 0.2) is 36.4 Å². The Morgan fingerprint density at radius 3 is 2.46 bits per heavy atom. The van der Waals surface area contributed by atoms with E-state index in [1.54, 1.807) is 0 Å². The normalized spacial score (nSPS) is 16.8. The maximum absolute atomic E-state index is 11.9. The molecular formula is C19H30N4O. The van der Waals surface area contributed by atoms with Crippen LogP contribution >= 0.6 is 0 Å². The van der Waals surface area contributed by atoms with Crippen molar-refractivity contribution in [3.63, 3.8) is 0 Å². The van der Waals surface area contributed by atoms with Crippen molar-refractivity contribution < 1.29 is 4.79 Å². The number of hydrogen-bond donors (Lipinski definition) is 1. The summed E-state index contributed by atoms with van der Waals surface area (Å²) in [6, 6.07) is 10.4. The Balaban J connectivity index is 1.61. The highest BCUT2D eigenvalue weighted by atomic mass is 16.2. The van der Waals surface area contributed by atoms with Gasteiger partial charge in [-0.15, -0.1) is 0 Å². The molecule has 2 rings (SSSR count). The highest BCUT2D eigenvalue weighted by Crippen LogP contribution is 2.04. The van der Waals surface area contributed by atoms with Gasteiger partial charge in [-0.25, -0.2) is 0 Å². The summed E-state index contributed by atoms with van der Waals surface area (Å²) in [7, 11) is 4.02. The van der Waals surface area contributed by atoms with E-state index in [1.165, 1.54) is 5.56 Å². The third-order valence-corrected chi connectivity index (χ3v) is 4.19. The van der Waals surface area contributed by atoms with Gasteiger partial charge in [0, 0.05) is 45.8 Å². The number of benzene rings is 1. The van der Waals surface area contributed by atoms with Crippen molar-refractivity contribution in [2.24, 2.45) is 0 Å². The summed E-state index contributed by atoms with van der Waals surface area (Å²) >= 11 is 0. The third-order valence-electron chi connectivity index (χ3n) is 4.19. The second-order valence-electron chi connectivity index (χ2n) is 6.54. The quantitative estimate of drug-likeness (QED) is 0.772. The van der Waals surface area contributed by atoms with Crippen LogP contribution in [0.1, 0.15) is 5.56 Å². The van der Waals surface area contributed by atoms with Crippen molar-refractivity contribution in [1.29, 1.82) is 0 Å². The van der Waals surface area contributed by atoms with Crippen molar-refractivity contribution in [2.45, 2.75) is 0 Å². The molecule has 1 N–H and O–H groups in total. The first kappa shape index (κ1) is 18.6. The van der Waals surface area contributed by atoms with Crippen LogP contribution < -0.4 is 5.32 Å².